The van der Waals surface area contributed by atoms with Crippen LogP contribution in [0.2, 0.25) is 10.0 Å². The van der Waals surface area contributed by atoms with E-state index in [-0.39, 0.29) is 0 Å². The minimum atomic E-state index is -0.531. The molecule has 4 heteroatoms. The summed E-state index contributed by atoms with van der Waals surface area (Å²) in [5.41, 5.74) is 0.781. The summed E-state index contributed by atoms with van der Waals surface area (Å²) in [6.07, 6.45) is 0.420. The number of hydrogen-bond donors (Lipinski definition) is 1. The first kappa shape index (κ1) is 15.2. The summed E-state index contributed by atoms with van der Waals surface area (Å²) >= 11 is 12.2. The number of ether oxygens (including phenoxy) is 1. The molecule has 0 aliphatic rings. The summed E-state index contributed by atoms with van der Waals surface area (Å²) in [6, 6.07) is 14.9. The fourth-order valence-electron chi connectivity index (χ4n) is 1.89. The van der Waals surface area contributed by atoms with E-state index < -0.39 is 6.10 Å². The largest absolute Gasteiger partial charge is 0.493 e. The molecule has 0 aromatic heterocycles. The van der Waals surface area contributed by atoms with Crippen LogP contribution in [0.3, 0.4) is 0 Å². The third-order valence-electron chi connectivity index (χ3n) is 2.96. The molecule has 0 aliphatic heterocycles. The van der Waals surface area contributed by atoms with Gasteiger partial charge >= 0.3 is 0 Å². The fourth-order valence-corrected chi connectivity index (χ4v) is 2.45. The molecule has 2 aromatic rings. The number of benzene rings is 2. The van der Waals surface area contributed by atoms with Crippen LogP contribution in [0.25, 0.3) is 0 Å². The van der Waals surface area contributed by atoms with E-state index in [1.165, 1.54) is 0 Å². The summed E-state index contributed by atoms with van der Waals surface area (Å²) < 4.78 is 5.55. The number of rotatable bonds is 6. The van der Waals surface area contributed by atoms with E-state index in [0.29, 0.717) is 29.5 Å². The summed E-state index contributed by atoms with van der Waals surface area (Å²) in [5, 5.41) is 11.2. The molecule has 0 fully saturated rings. The zero-order chi connectivity index (χ0) is 14.4. The van der Waals surface area contributed by atoms with Gasteiger partial charge in [0.05, 0.1) is 12.7 Å². The lowest BCUT2D eigenvalue weighted by molar-refractivity contribution is 0.139. The second kappa shape index (κ2) is 7.53. The molecule has 1 atom stereocenters. The van der Waals surface area contributed by atoms with Gasteiger partial charge in [0, 0.05) is 22.9 Å². The second-order valence-corrected chi connectivity index (χ2v) is 5.32. The van der Waals surface area contributed by atoms with E-state index in [1.807, 2.05) is 30.3 Å². The Kier molecular flexibility index (Phi) is 5.72. The molecular formula is C16H16Cl2O2. The van der Waals surface area contributed by atoms with Crippen LogP contribution in [-0.4, -0.2) is 17.8 Å². The fraction of sp³-hybridized carbons (Fsp3) is 0.250. The minimum absolute atomic E-state index is 0.427. The Bertz CT molecular complexity index is 523. The van der Waals surface area contributed by atoms with Crippen molar-refractivity contribution in [3.8, 4) is 5.75 Å². The third kappa shape index (κ3) is 4.41. The van der Waals surface area contributed by atoms with Crippen molar-refractivity contribution in [1.29, 1.82) is 0 Å². The van der Waals surface area contributed by atoms with Gasteiger partial charge in [0.1, 0.15) is 5.75 Å². The van der Waals surface area contributed by atoms with E-state index in [1.54, 1.807) is 18.2 Å². The Hall–Kier alpha value is -1.22. The van der Waals surface area contributed by atoms with Gasteiger partial charge in [-0.25, -0.2) is 0 Å². The zero-order valence-corrected chi connectivity index (χ0v) is 12.4. The standard InChI is InChI=1S/C16H16Cl2O2/c17-15-7-4-8-16(18)14(15)11-12(19)9-10-20-13-5-2-1-3-6-13/h1-8,12,19H,9-11H2. The van der Waals surface area contributed by atoms with E-state index in [2.05, 4.69) is 0 Å². The summed E-state index contributed by atoms with van der Waals surface area (Å²) in [4.78, 5) is 0. The lowest BCUT2D eigenvalue weighted by atomic mass is 10.1. The molecule has 0 bridgehead atoms. The smallest absolute Gasteiger partial charge is 0.119 e. The van der Waals surface area contributed by atoms with Crippen LogP contribution >= 0.6 is 23.2 Å². The zero-order valence-electron chi connectivity index (χ0n) is 10.9. The lowest BCUT2D eigenvalue weighted by Gasteiger charge is -2.13. The maximum absolute atomic E-state index is 10.0. The molecule has 0 radical (unpaired) electrons. The number of hydrogen-bond acceptors (Lipinski definition) is 2. The average Bonchev–Trinajstić information content (AvgIpc) is 2.44. The predicted octanol–water partition coefficient (Wildman–Crippen LogP) is 4.37. The molecule has 1 unspecified atom stereocenters. The van der Waals surface area contributed by atoms with Crippen molar-refractivity contribution < 1.29 is 9.84 Å². The maximum Gasteiger partial charge on any atom is 0.119 e. The first-order chi connectivity index (χ1) is 9.66. The summed E-state index contributed by atoms with van der Waals surface area (Å²) in [6.45, 7) is 0.452. The van der Waals surface area contributed by atoms with Crippen molar-refractivity contribution in [1.82, 2.24) is 0 Å². The van der Waals surface area contributed by atoms with Crippen LogP contribution in [0.4, 0.5) is 0 Å². The molecule has 0 saturated carbocycles. The molecule has 0 saturated heterocycles. The van der Waals surface area contributed by atoms with E-state index in [0.717, 1.165) is 11.3 Å². The topological polar surface area (TPSA) is 29.5 Å². The second-order valence-electron chi connectivity index (χ2n) is 4.51. The maximum atomic E-state index is 10.0. The Morgan fingerprint density at radius 3 is 2.25 bits per heavy atom. The molecule has 0 heterocycles. The molecule has 1 N–H and O–H groups in total. The first-order valence-corrected chi connectivity index (χ1v) is 7.21. The molecule has 20 heavy (non-hydrogen) atoms. The van der Waals surface area contributed by atoms with Gasteiger partial charge in [-0.2, -0.15) is 0 Å². The highest BCUT2D eigenvalue weighted by molar-refractivity contribution is 6.35. The minimum Gasteiger partial charge on any atom is -0.493 e. The van der Waals surface area contributed by atoms with Crippen molar-refractivity contribution in [3.63, 3.8) is 0 Å². The van der Waals surface area contributed by atoms with Crippen LogP contribution in [0.1, 0.15) is 12.0 Å². The molecule has 0 amide bonds. The SMILES string of the molecule is OC(CCOc1ccccc1)Cc1c(Cl)cccc1Cl. The Morgan fingerprint density at radius 1 is 0.950 bits per heavy atom. The van der Waals surface area contributed by atoms with Crippen molar-refractivity contribution in [2.45, 2.75) is 18.9 Å². The van der Waals surface area contributed by atoms with Crippen molar-refractivity contribution in [3.05, 3.63) is 64.1 Å². The molecule has 0 spiro atoms. The quantitative estimate of drug-likeness (QED) is 0.858. The van der Waals surface area contributed by atoms with Gasteiger partial charge in [-0.15, -0.1) is 0 Å². The van der Waals surface area contributed by atoms with Crippen LogP contribution in [-0.2, 0) is 6.42 Å². The average molecular weight is 311 g/mol. The van der Waals surface area contributed by atoms with Crippen LogP contribution in [0, 0.1) is 0 Å². The summed E-state index contributed by atoms with van der Waals surface area (Å²) in [5.74, 6) is 0.801. The Labute approximate surface area is 128 Å². The van der Waals surface area contributed by atoms with Crippen molar-refractivity contribution in [2.24, 2.45) is 0 Å². The van der Waals surface area contributed by atoms with Gasteiger partial charge in [-0.1, -0.05) is 47.5 Å². The van der Waals surface area contributed by atoms with Crippen LogP contribution < -0.4 is 4.74 Å². The van der Waals surface area contributed by atoms with Crippen molar-refractivity contribution in [2.75, 3.05) is 6.61 Å². The van der Waals surface area contributed by atoms with Gasteiger partial charge in [-0.05, 0) is 29.8 Å². The highest BCUT2D eigenvalue weighted by Crippen LogP contribution is 2.26. The third-order valence-corrected chi connectivity index (χ3v) is 3.67. The number of halogens is 2. The number of aliphatic hydroxyl groups is 1. The molecule has 0 aliphatic carbocycles. The van der Waals surface area contributed by atoms with Gasteiger partial charge in [0.15, 0.2) is 0 Å². The van der Waals surface area contributed by atoms with Crippen LogP contribution in [0.5, 0.6) is 5.75 Å². The first-order valence-electron chi connectivity index (χ1n) is 6.45. The van der Waals surface area contributed by atoms with Crippen molar-refractivity contribution >= 4 is 23.2 Å². The Balaban J connectivity index is 1.82. The van der Waals surface area contributed by atoms with Gasteiger partial charge < -0.3 is 9.84 Å². The molecule has 2 nitrogen and oxygen atoms in total. The van der Waals surface area contributed by atoms with Gasteiger partial charge in [-0.3, -0.25) is 0 Å². The van der Waals surface area contributed by atoms with E-state index in [4.69, 9.17) is 27.9 Å². The highest BCUT2D eigenvalue weighted by atomic mass is 35.5. The molecular weight excluding hydrogens is 295 g/mol. The molecule has 2 rings (SSSR count). The van der Waals surface area contributed by atoms with Crippen LogP contribution in [0.15, 0.2) is 48.5 Å². The Morgan fingerprint density at radius 2 is 1.60 bits per heavy atom. The van der Waals surface area contributed by atoms with Gasteiger partial charge in [0.2, 0.25) is 0 Å². The normalized spacial score (nSPS) is 12.2. The van der Waals surface area contributed by atoms with E-state index in [9.17, 15) is 5.11 Å². The monoisotopic (exact) mass is 310 g/mol. The molecule has 2 aromatic carbocycles. The van der Waals surface area contributed by atoms with Gasteiger partial charge in [0.25, 0.3) is 0 Å². The van der Waals surface area contributed by atoms with E-state index >= 15 is 0 Å². The molecule has 106 valence electrons. The number of para-hydroxylation sites is 1. The predicted molar refractivity (Wildman–Crippen MR) is 82.7 cm³/mol. The lowest BCUT2D eigenvalue weighted by Crippen LogP contribution is -2.15. The highest BCUT2D eigenvalue weighted by Gasteiger charge is 2.11. The summed E-state index contributed by atoms with van der Waals surface area (Å²) in [7, 11) is 0. The number of aliphatic hydroxyl groups excluding tert-OH is 1.